The molecule has 0 aliphatic carbocycles. The van der Waals surface area contributed by atoms with E-state index in [2.05, 4.69) is 82.5 Å². The standard InChI is InChI=1S/C66H59N4O.Pt/c1-64(2,3)48-32-28-45(29-33-48)44-24-26-46(27-25-44)54-19-15-20-55(47-30-34-49(35-31-47)65(4,5)6)63(54)69-43-68(59-22-12-13-23-60(59)69)51-16-14-17-52(41-51)71-53-36-37-57-56-18-10-11-21-58(56)70(61(57)42-53)62-40-50(38-39-67-62)66(7,8)9;/h10-40,43H,1-9H3;/q-3;/i24D,25D,26D,27D,30D,31D,34D,35D;. The molecule has 0 fully saturated rings. The maximum atomic E-state index is 9.70. The van der Waals surface area contributed by atoms with Gasteiger partial charge >= 0.3 is 0 Å². The van der Waals surface area contributed by atoms with E-state index < -0.39 is 5.41 Å². The van der Waals surface area contributed by atoms with Crippen molar-refractivity contribution in [1.82, 2.24) is 9.55 Å². The van der Waals surface area contributed by atoms with Crippen LogP contribution < -0.4 is 14.5 Å². The molecule has 0 bridgehead atoms. The Morgan fingerprint density at radius 1 is 0.500 bits per heavy atom. The Morgan fingerprint density at radius 3 is 1.75 bits per heavy atom. The second-order valence-corrected chi connectivity index (χ2v) is 21.2. The molecule has 0 saturated heterocycles. The molecule has 1 aliphatic rings. The Balaban J connectivity index is 0.00000720. The van der Waals surface area contributed by atoms with Crippen molar-refractivity contribution < 1.29 is 36.8 Å². The van der Waals surface area contributed by atoms with Gasteiger partial charge in [-0.1, -0.05) is 189 Å². The summed E-state index contributed by atoms with van der Waals surface area (Å²) in [5.74, 6) is 1.65. The van der Waals surface area contributed by atoms with Crippen molar-refractivity contribution in [1.29, 1.82) is 0 Å². The van der Waals surface area contributed by atoms with E-state index in [1.165, 1.54) is 0 Å². The van der Waals surface area contributed by atoms with E-state index in [-0.39, 0.29) is 102 Å². The van der Waals surface area contributed by atoms with Gasteiger partial charge in [0.25, 0.3) is 0 Å². The third-order valence-electron chi connectivity index (χ3n) is 13.1. The molecule has 10 aromatic rings. The molecule has 0 spiro atoms. The molecule has 72 heavy (non-hydrogen) atoms. The second kappa shape index (κ2) is 18.8. The van der Waals surface area contributed by atoms with E-state index in [9.17, 15) is 11.0 Å². The monoisotopic (exact) mass is 1130 g/mol. The van der Waals surface area contributed by atoms with Crippen molar-refractivity contribution in [3.05, 3.63) is 223 Å². The maximum Gasteiger partial charge on any atom is 0.135 e. The van der Waals surface area contributed by atoms with E-state index >= 15 is 0 Å². The summed E-state index contributed by atoms with van der Waals surface area (Å²) in [5, 5.41) is 2.06. The van der Waals surface area contributed by atoms with Crippen LogP contribution in [-0.4, -0.2) is 9.55 Å². The number of hydrogen-bond donors (Lipinski definition) is 0. The van der Waals surface area contributed by atoms with Gasteiger partial charge < -0.3 is 19.1 Å². The minimum atomic E-state index is -0.717. The molecule has 0 atom stereocenters. The smallest absolute Gasteiger partial charge is 0.135 e. The van der Waals surface area contributed by atoms with Crippen molar-refractivity contribution in [3.63, 3.8) is 0 Å². The van der Waals surface area contributed by atoms with Gasteiger partial charge in [0.2, 0.25) is 0 Å². The zero-order valence-corrected chi connectivity index (χ0v) is 44.1. The summed E-state index contributed by atoms with van der Waals surface area (Å²) in [7, 11) is 0. The molecular weight excluding hydrogens is 1060 g/mol. The molecule has 0 saturated carbocycles. The number of hydrogen-bond acceptors (Lipinski definition) is 4. The Bertz CT molecular complexity index is 4040. The fraction of sp³-hybridized carbons (Fsp3) is 0.182. The zero-order chi connectivity index (χ0) is 56.2. The minimum absolute atomic E-state index is 0. The number of anilines is 4. The molecule has 0 amide bonds. The molecule has 5 nitrogen and oxygen atoms in total. The number of ether oxygens (including phenoxy) is 1. The first-order valence-corrected chi connectivity index (χ1v) is 24.0. The third-order valence-corrected chi connectivity index (χ3v) is 13.1. The Kier molecular flexibility index (Phi) is 10.3. The van der Waals surface area contributed by atoms with E-state index in [1.807, 2.05) is 134 Å². The van der Waals surface area contributed by atoms with Gasteiger partial charge in [0, 0.05) is 72.5 Å². The number of nitrogens with zero attached hydrogens (tertiary/aromatic N) is 4. The van der Waals surface area contributed by atoms with Gasteiger partial charge in [-0.05, 0) is 90.9 Å². The van der Waals surface area contributed by atoms with Crippen LogP contribution in [-0.2, 0) is 37.3 Å². The van der Waals surface area contributed by atoms with Crippen molar-refractivity contribution in [2.75, 3.05) is 9.80 Å². The summed E-state index contributed by atoms with van der Waals surface area (Å²) < 4.78 is 84.9. The number of rotatable bonds is 8. The molecule has 3 heterocycles. The average molecular weight is 1130 g/mol. The number of benzene rings is 8. The van der Waals surface area contributed by atoms with E-state index in [0.717, 1.165) is 44.4 Å². The Morgan fingerprint density at radius 2 is 1.08 bits per heavy atom. The summed E-state index contributed by atoms with van der Waals surface area (Å²) in [4.78, 5) is 8.63. The van der Waals surface area contributed by atoms with E-state index in [0.29, 0.717) is 45.3 Å². The zero-order valence-electron chi connectivity index (χ0n) is 49.9. The molecule has 2 aromatic heterocycles. The van der Waals surface area contributed by atoms with E-state index in [1.54, 1.807) is 18.2 Å². The maximum absolute atomic E-state index is 9.70. The summed E-state index contributed by atoms with van der Waals surface area (Å²) in [6.07, 6.45) is 1.85. The summed E-state index contributed by atoms with van der Waals surface area (Å²) in [6, 6.07) is 47.6. The molecule has 6 heteroatoms. The first kappa shape index (κ1) is 39.4. The topological polar surface area (TPSA) is 33.5 Å². The summed E-state index contributed by atoms with van der Waals surface area (Å²) in [5.41, 5.74) is 6.98. The van der Waals surface area contributed by atoms with Gasteiger partial charge in [-0.2, -0.15) is 12.1 Å². The van der Waals surface area contributed by atoms with Crippen LogP contribution in [0.2, 0.25) is 0 Å². The number of para-hydroxylation sites is 4. The van der Waals surface area contributed by atoms with Crippen LogP contribution >= 0.6 is 0 Å². The van der Waals surface area contributed by atoms with Gasteiger partial charge in [-0.15, -0.1) is 48.1 Å². The van der Waals surface area contributed by atoms with Crippen LogP contribution in [0.15, 0.2) is 188 Å². The molecule has 11 rings (SSSR count). The van der Waals surface area contributed by atoms with Crippen molar-refractivity contribution in [3.8, 4) is 50.7 Å². The first-order valence-electron chi connectivity index (χ1n) is 28.0. The van der Waals surface area contributed by atoms with Crippen molar-refractivity contribution in [2.24, 2.45) is 0 Å². The van der Waals surface area contributed by atoms with E-state index in [4.69, 9.17) is 9.72 Å². The van der Waals surface area contributed by atoms with Crippen LogP contribution in [0.3, 0.4) is 0 Å². The predicted molar refractivity (Wildman–Crippen MR) is 297 cm³/mol. The van der Waals surface area contributed by atoms with Crippen LogP contribution in [0.5, 0.6) is 11.5 Å². The Hall–Kier alpha value is -7.20. The van der Waals surface area contributed by atoms with Gasteiger partial charge in [0.05, 0.1) is 11.0 Å². The molecule has 362 valence electrons. The largest absolute Gasteiger partial charge is 0.509 e. The van der Waals surface area contributed by atoms with Crippen LogP contribution in [0.1, 0.15) is 90.0 Å². The van der Waals surface area contributed by atoms with Crippen molar-refractivity contribution >= 4 is 44.6 Å². The number of fused-ring (bicyclic) bond motifs is 4. The number of aromatic nitrogens is 2. The molecule has 0 unspecified atom stereocenters. The number of pyridine rings is 1. The molecule has 1 aliphatic heterocycles. The molecule has 8 aromatic carbocycles. The fourth-order valence-corrected chi connectivity index (χ4v) is 9.17. The average Bonchev–Trinajstić information content (AvgIpc) is 3.97. The summed E-state index contributed by atoms with van der Waals surface area (Å²) >= 11 is 0. The van der Waals surface area contributed by atoms with Crippen molar-refractivity contribution in [2.45, 2.75) is 78.6 Å². The van der Waals surface area contributed by atoms with Gasteiger partial charge in [-0.3, -0.25) is 0 Å². The Labute approximate surface area is 451 Å². The fourth-order valence-electron chi connectivity index (χ4n) is 9.17. The minimum Gasteiger partial charge on any atom is -0.509 e. The van der Waals surface area contributed by atoms with Gasteiger partial charge in [0.15, 0.2) is 0 Å². The third kappa shape index (κ3) is 9.16. The van der Waals surface area contributed by atoms with Crippen LogP contribution in [0.4, 0.5) is 22.7 Å². The van der Waals surface area contributed by atoms with Gasteiger partial charge in [-0.25, -0.2) is 4.98 Å². The molecular formula is C66H59N4OPt-3. The predicted octanol–water partition coefficient (Wildman–Crippen LogP) is 17.9. The van der Waals surface area contributed by atoms with Gasteiger partial charge in [0.1, 0.15) is 5.82 Å². The normalized spacial score (nSPS) is 14.4. The SMILES string of the molecule is [2H]c1c([2H])c(-c2cccc(-c3c([2H])c([2H])c(C(C)(C)C)c([2H])c3[2H])c2N2[CH-]N(c3[c-]c(Oc4[c-]c5c(cc4)c4ccccc4n5-c4cc(C(C)(C)C)ccn4)ccc3)c3ccccc32)c([2H])c([2H])c1-c1ccc(C(C)(C)C)cc1.[Pt]. The molecule has 0 radical (unpaired) electrons. The summed E-state index contributed by atoms with van der Waals surface area (Å²) in [6.45, 7) is 20.3. The van der Waals surface area contributed by atoms with Crippen LogP contribution in [0, 0.1) is 18.8 Å². The second-order valence-electron chi connectivity index (χ2n) is 21.2. The molecule has 0 N–H and O–H groups in total. The first-order chi connectivity index (χ1) is 37.4. The van der Waals surface area contributed by atoms with Crippen LogP contribution in [0.25, 0.3) is 61.0 Å². The quantitative estimate of drug-likeness (QED) is 0.142.